The van der Waals surface area contributed by atoms with E-state index in [1.165, 1.54) is 24.8 Å². The summed E-state index contributed by atoms with van der Waals surface area (Å²) in [5.41, 5.74) is 2.39. The molecule has 0 aromatic carbocycles. The molecule has 1 N–H and O–H groups in total. The molecule has 2 fully saturated rings. The van der Waals surface area contributed by atoms with Crippen LogP contribution in [0.15, 0.2) is 12.1 Å². The molecule has 1 saturated heterocycles. The summed E-state index contributed by atoms with van der Waals surface area (Å²) >= 11 is 0. The van der Waals surface area contributed by atoms with E-state index in [1.807, 2.05) is 6.07 Å². The molecule has 0 spiro atoms. The monoisotopic (exact) mass is 387 g/mol. The molecule has 1 aromatic rings. The molecule has 3 heterocycles. The largest absolute Gasteiger partial charge is 0.383 e. The van der Waals surface area contributed by atoms with Crippen molar-refractivity contribution in [1.29, 1.82) is 0 Å². The highest BCUT2D eigenvalue weighted by Crippen LogP contribution is 2.25. The van der Waals surface area contributed by atoms with Crippen LogP contribution in [0.1, 0.15) is 30.5 Å². The van der Waals surface area contributed by atoms with Crippen molar-refractivity contribution in [1.82, 2.24) is 19.7 Å². The molecule has 4 rings (SSSR count). The molecule has 7 heteroatoms. The minimum absolute atomic E-state index is 0.280. The summed E-state index contributed by atoms with van der Waals surface area (Å²) in [7, 11) is 1.70. The van der Waals surface area contributed by atoms with Gasteiger partial charge in [-0.15, -0.1) is 0 Å². The zero-order valence-electron chi connectivity index (χ0n) is 17.0. The molecule has 0 atom stereocenters. The van der Waals surface area contributed by atoms with Crippen molar-refractivity contribution in [3.8, 4) is 0 Å². The number of hydrogen-bond acceptors (Lipinski definition) is 6. The lowest BCUT2D eigenvalue weighted by molar-refractivity contribution is -0.135. The summed E-state index contributed by atoms with van der Waals surface area (Å²) in [4.78, 5) is 24.4. The Morgan fingerprint density at radius 3 is 2.75 bits per heavy atom. The predicted molar refractivity (Wildman–Crippen MR) is 109 cm³/mol. The number of anilines is 1. The van der Waals surface area contributed by atoms with Gasteiger partial charge in [0.25, 0.3) is 0 Å². The average Bonchev–Trinajstić information content (AvgIpc) is 2.67. The quantitative estimate of drug-likeness (QED) is 0.710. The Hall–Kier alpha value is -1.70. The van der Waals surface area contributed by atoms with E-state index in [0.29, 0.717) is 13.2 Å². The lowest BCUT2D eigenvalue weighted by atomic mass is 9.91. The van der Waals surface area contributed by atoms with Crippen LogP contribution in [0.3, 0.4) is 0 Å². The number of rotatable bonds is 7. The van der Waals surface area contributed by atoms with E-state index in [-0.39, 0.29) is 5.91 Å². The number of pyridine rings is 1. The molecule has 1 aromatic heterocycles. The van der Waals surface area contributed by atoms with E-state index in [0.717, 1.165) is 69.8 Å². The summed E-state index contributed by atoms with van der Waals surface area (Å²) in [5.74, 6) is 1.19. The van der Waals surface area contributed by atoms with Gasteiger partial charge in [0, 0.05) is 71.1 Å². The Kier molecular flexibility index (Phi) is 6.44. The third-order valence-electron chi connectivity index (χ3n) is 6.36. The summed E-state index contributed by atoms with van der Waals surface area (Å²) in [5, 5.41) is 3.29. The second kappa shape index (κ2) is 9.20. The Balaban J connectivity index is 1.24. The van der Waals surface area contributed by atoms with Gasteiger partial charge in [-0.1, -0.05) is 12.5 Å². The normalized spacial score (nSPS) is 21.2. The number of nitrogens with one attached hydrogen (secondary N) is 1. The number of aromatic nitrogens is 1. The Morgan fingerprint density at radius 2 is 2.04 bits per heavy atom. The van der Waals surface area contributed by atoms with Crippen LogP contribution in [0.4, 0.5) is 5.82 Å². The minimum Gasteiger partial charge on any atom is -0.383 e. The maximum Gasteiger partial charge on any atom is 0.236 e. The van der Waals surface area contributed by atoms with Gasteiger partial charge >= 0.3 is 0 Å². The van der Waals surface area contributed by atoms with Crippen LogP contribution < -0.4 is 5.32 Å². The maximum absolute atomic E-state index is 12.8. The van der Waals surface area contributed by atoms with Crippen molar-refractivity contribution < 1.29 is 9.53 Å². The third-order valence-corrected chi connectivity index (χ3v) is 6.36. The van der Waals surface area contributed by atoms with Crippen LogP contribution in [-0.2, 0) is 22.5 Å². The van der Waals surface area contributed by atoms with Gasteiger partial charge in [-0.2, -0.15) is 0 Å². The van der Waals surface area contributed by atoms with Gasteiger partial charge in [0.15, 0.2) is 0 Å². The Morgan fingerprint density at radius 1 is 1.21 bits per heavy atom. The molecule has 7 nitrogen and oxygen atoms in total. The lowest BCUT2D eigenvalue weighted by Gasteiger charge is -2.43. The fraction of sp³-hybridized carbons (Fsp3) is 0.714. The zero-order chi connectivity index (χ0) is 19.3. The predicted octanol–water partition coefficient (Wildman–Crippen LogP) is 1.19. The molecule has 0 radical (unpaired) electrons. The second-order valence-corrected chi connectivity index (χ2v) is 8.18. The Bertz CT molecular complexity index is 671. The number of fused-ring (bicyclic) bond motifs is 1. The number of amides is 1. The minimum atomic E-state index is 0.280. The van der Waals surface area contributed by atoms with Gasteiger partial charge < -0.3 is 15.0 Å². The summed E-state index contributed by atoms with van der Waals surface area (Å²) < 4.78 is 5.07. The van der Waals surface area contributed by atoms with E-state index < -0.39 is 0 Å². The van der Waals surface area contributed by atoms with Crippen LogP contribution in [0.2, 0.25) is 0 Å². The first-order valence-electron chi connectivity index (χ1n) is 10.7. The number of piperazine rings is 1. The zero-order valence-corrected chi connectivity index (χ0v) is 17.0. The van der Waals surface area contributed by atoms with Gasteiger partial charge in [0.1, 0.15) is 5.82 Å². The van der Waals surface area contributed by atoms with Crippen LogP contribution in [-0.4, -0.2) is 91.2 Å². The number of methoxy groups -OCH3 is 1. The highest BCUT2D eigenvalue weighted by Gasteiger charge is 2.30. The van der Waals surface area contributed by atoms with Crippen molar-refractivity contribution in [2.24, 2.45) is 0 Å². The van der Waals surface area contributed by atoms with E-state index in [1.54, 1.807) is 7.11 Å². The molecule has 2 aliphatic heterocycles. The first kappa shape index (κ1) is 19.6. The van der Waals surface area contributed by atoms with E-state index >= 15 is 0 Å². The van der Waals surface area contributed by atoms with Gasteiger partial charge in [-0.25, -0.2) is 4.98 Å². The fourth-order valence-electron chi connectivity index (χ4n) is 4.37. The van der Waals surface area contributed by atoms with Gasteiger partial charge in [0.05, 0.1) is 13.2 Å². The van der Waals surface area contributed by atoms with Crippen LogP contribution in [0, 0.1) is 0 Å². The highest BCUT2D eigenvalue weighted by molar-refractivity contribution is 5.78. The van der Waals surface area contributed by atoms with E-state index in [4.69, 9.17) is 9.72 Å². The molecule has 0 bridgehead atoms. The lowest BCUT2D eigenvalue weighted by Crippen LogP contribution is -2.55. The maximum atomic E-state index is 12.8. The third kappa shape index (κ3) is 4.64. The van der Waals surface area contributed by atoms with Crippen molar-refractivity contribution in [3.05, 3.63) is 23.4 Å². The fourth-order valence-corrected chi connectivity index (χ4v) is 4.37. The summed E-state index contributed by atoms with van der Waals surface area (Å²) in [6.07, 6.45) is 4.97. The summed E-state index contributed by atoms with van der Waals surface area (Å²) in [6, 6.07) is 4.96. The Labute approximate surface area is 168 Å². The molecular weight excluding hydrogens is 354 g/mol. The smallest absolute Gasteiger partial charge is 0.236 e. The van der Waals surface area contributed by atoms with Crippen molar-refractivity contribution in [2.45, 2.75) is 38.3 Å². The van der Waals surface area contributed by atoms with Gasteiger partial charge in [-0.3, -0.25) is 14.6 Å². The first-order chi connectivity index (χ1) is 13.7. The molecule has 154 valence electrons. The standard InChI is InChI=1S/C21H33N5O2/c1-28-14-8-22-20-6-5-17-15-24(9-7-19(17)23-20)16-21(27)26-12-10-25(11-13-26)18-3-2-4-18/h5-6,18H,2-4,7-16H2,1H3,(H,22,23). The second-order valence-electron chi connectivity index (χ2n) is 8.18. The number of carbonyl (C=O) groups is 1. The molecule has 0 unspecified atom stereocenters. The van der Waals surface area contributed by atoms with Crippen LogP contribution in [0.5, 0.6) is 0 Å². The number of ether oxygens (including phenoxy) is 1. The van der Waals surface area contributed by atoms with Crippen molar-refractivity contribution in [2.75, 3.05) is 64.8 Å². The molecule has 1 amide bonds. The summed E-state index contributed by atoms with van der Waals surface area (Å²) in [6.45, 7) is 7.53. The van der Waals surface area contributed by atoms with Crippen molar-refractivity contribution >= 4 is 11.7 Å². The van der Waals surface area contributed by atoms with Gasteiger partial charge in [0.2, 0.25) is 5.91 Å². The average molecular weight is 388 g/mol. The van der Waals surface area contributed by atoms with E-state index in [9.17, 15) is 4.79 Å². The van der Waals surface area contributed by atoms with E-state index in [2.05, 4.69) is 26.1 Å². The topological polar surface area (TPSA) is 60.9 Å². The molecular formula is C21H33N5O2. The number of nitrogens with zero attached hydrogens (tertiary/aromatic N) is 4. The molecule has 1 saturated carbocycles. The molecule has 28 heavy (non-hydrogen) atoms. The highest BCUT2D eigenvalue weighted by atomic mass is 16.5. The molecule has 1 aliphatic carbocycles. The van der Waals surface area contributed by atoms with Crippen molar-refractivity contribution in [3.63, 3.8) is 0 Å². The molecule has 3 aliphatic rings. The number of carbonyl (C=O) groups excluding carboxylic acids is 1. The van der Waals surface area contributed by atoms with Crippen LogP contribution >= 0.6 is 0 Å². The number of hydrogen-bond donors (Lipinski definition) is 1. The van der Waals surface area contributed by atoms with Gasteiger partial charge in [-0.05, 0) is 24.5 Å². The van der Waals surface area contributed by atoms with Crippen LogP contribution in [0.25, 0.3) is 0 Å². The first-order valence-corrected chi connectivity index (χ1v) is 10.7. The SMILES string of the molecule is COCCNc1ccc2c(n1)CCN(CC(=O)N1CCN(C3CCC3)CC1)C2.